The van der Waals surface area contributed by atoms with Crippen LogP contribution in [-0.2, 0) is 0 Å². The highest BCUT2D eigenvalue weighted by Gasteiger charge is 2.13. The van der Waals surface area contributed by atoms with Crippen molar-refractivity contribution in [1.82, 2.24) is 4.98 Å². The van der Waals surface area contributed by atoms with Gasteiger partial charge in [0.2, 0.25) is 0 Å². The van der Waals surface area contributed by atoms with Gasteiger partial charge in [0.25, 0.3) is 0 Å². The second-order valence-electron chi connectivity index (χ2n) is 4.59. The fourth-order valence-corrected chi connectivity index (χ4v) is 2.66. The molecule has 20 heavy (non-hydrogen) atoms. The minimum atomic E-state index is -0.330. The molecule has 0 saturated heterocycles. The van der Waals surface area contributed by atoms with Gasteiger partial charge in [-0.2, -0.15) is 0 Å². The van der Waals surface area contributed by atoms with E-state index in [1.807, 2.05) is 26.0 Å². The molecule has 1 aromatic heterocycles. The van der Waals surface area contributed by atoms with Crippen LogP contribution in [0.15, 0.2) is 34.9 Å². The second-order valence-corrected chi connectivity index (χ2v) is 5.85. The van der Waals surface area contributed by atoms with E-state index in [-0.39, 0.29) is 11.9 Å². The molecule has 0 fully saturated rings. The van der Waals surface area contributed by atoms with Gasteiger partial charge in [0.05, 0.1) is 23.6 Å². The number of rotatable bonds is 4. The Morgan fingerprint density at radius 2 is 2.15 bits per heavy atom. The molecule has 106 valence electrons. The molecule has 0 radical (unpaired) electrons. The molecule has 1 heterocycles. The summed E-state index contributed by atoms with van der Waals surface area (Å²) in [4.78, 5) is 4.13. The van der Waals surface area contributed by atoms with Crippen LogP contribution >= 0.6 is 27.5 Å². The average Bonchev–Trinajstić information content (AvgIpc) is 2.42. The lowest BCUT2D eigenvalue weighted by Crippen LogP contribution is -2.12. The zero-order valence-corrected chi connectivity index (χ0v) is 13.6. The Bertz CT molecular complexity index is 602. The Morgan fingerprint density at radius 3 is 2.75 bits per heavy atom. The molecule has 0 spiro atoms. The highest BCUT2D eigenvalue weighted by atomic mass is 79.9. The van der Waals surface area contributed by atoms with Crippen LogP contribution in [0.5, 0.6) is 0 Å². The van der Waals surface area contributed by atoms with Gasteiger partial charge in [0, 0.05) is 9.50 Å². The largest absolute Gasteiger partial charge is 0.376 e. The molecule has 2 rings (SSSR count). The molecule has 0 amide bonds. The predicted molar refractivity (Wildman–Crippen MR) is 84.7 cm³/mol. The third-order valence-electron chi connectivity index (χ3n) is 3.09. The average molecular weight is 358 g/mol. The van der Waals surface area contributed by atoms with Crippen molar-refractivity contribution in [2.24, 2.45) is 0 Å². The molecule has 1 aromatic carbocycles. The maximum atomic E-state index is 12.9. The fourth-order valence-electron chi connectivity index (χ4n) is 1.92. The number of anilines is 1. The summed E-state index contributed by atoms with van der Waals surface area (Å²) in [7, 11) is 0. The highest BCUT2D eigenvalue weighted by Crippen LogP contribution is 2.32. The Kier molecular flexibility index (Phi) is 5.00. The first-order chi connectivity index (χ1) is 9.51. The van der Waals surface area contributed by atoms with Crippen molar-refractivity contribution in [3.8, 4) is 0 Å². The monoisotopic (exact) mass is 356 g/mol. The molecule has 0 aliphatic rings. The Hall–Kier alpha value is -1.13. The molecule has 1 unspecified atom stereocenters. The summed E-state index contributed by atoms with van der Waals surface area (Å²) < 4.78 is 13.9. The van der Waals surface area contributed by atoms with E-state index >= 15 is 0 Å². The number of hydrogen-bond acceptors (Lipinski definition) is 2. The van der Waals surface area contributed by atoms with Crippen LogP contribution in [0, 0.1) is 12.7 Å². The summed E-state index contributed by atoms with van der Waals surface area (Å²) in [5.74, 6) is -0.330. The number of nitrogens with zero attached hydrogens (tertiary/aromatic N) is 1. The number of aryl methyl sites for hydroxylation is 1. The number of aromatic nitrogens is 1. The number of hydrogen-bond donors (Lipinski definition) is 1. The van der Waals surface area contributed by atoms with E-state index in [2.05, 4.69) is 26.2 Å². The summed E-state index contributed by atoms with van der Waals surface area (Å²) in [5.41, 5.74) is 2.72. The molecule has 0 aliphatic heterocycles. The van der Waals surface area contributed by atoms with E-state index in [1.54, 1.807) is 6.07 Å². The standard InChI is InChI=1S/C15H15BrClFN2/c1-3-13(14-5-4-10(18)8-19-14)20-15-7-12(17)9(2)6-11(15)16/h4-8,13,20H,3H2,1-2H3. The lowest BCUT2D eigenvalue weighted by atomic mass is 10.1. The van der Waals surface area contributed by atoms with Gasteiger partial charge < -0.3 is 5.32 Å². The molecule has 0 aliphatic carbocycles. The van der Waals surface area contributed by atoms with Gasteiger partial charge in [-0.25, -0.2) is 4.39 Å². The molecule has 2 nitrogen and oxygen atoms in total. The van der Waals surface area contributed by atoms with Crippen LogP contribution in [0.4, 0.5) is 10.1 Å². The fraction of sp³-hybridized carbons (Fsp3) is 0.267. The first-order valence-electron chi connectivity index (χ1n) is 6.35. The van der Waals surface area contributed by atoms with Crippen LogP contribution in [0.1, 0.15) is 30.6 Å². The van der Waals surface area contributed by atoms with E-state index in [1.165, 1.54) is 12.3 Å². The van der Waals surface area contributed by atoms with Crippen LogP contribution in [0.2, 0.25) is 5.02 Å². The number of nitrogens with one attached hydrogen (secondary N) is 1. The smallest absolute Gasteiger partial charge is 0.141 e. The predicted octanol–water partition coefficient (Wildman–Crippen LogP) is 5.51. The minimum absolute atomic E-state index is 0.00525. The minimum Gasteiger partial charge on any atom is -0.376 e. The van der Waals surface area contributed by atoms with Crippen LogP contribution in [0.25, 0.3) is 0 Å². The molecule has 1 N–H and O–H groups in total. The van der Waals surface area contributed by atoms with Crippen LogP contribution < -0.4 is 5.32 Å². The summed E-state index contributed by atoms with van der Waals surface area (Å²) in [6, 6.07) is 6.97. The van der Waals surface area contributed by atoms with E-state index in [0.29, 0.717) is 5.02 Å². The molecule has 2 aromatic rings. The number of pyridine rings is 1. The van der Waals surface area contributed by atoms with E-state index < -0.39 is 0 Å². The number of halogens is 3. The lowest BCUT2D eigenvalue weighted by Gasteiger charge is -2.19. The van der Waals surface area contributed by atoms with E-state index in [0.717, 1.165) is 27.8 Å². The van der Waals surface area contributed by atoms with Crippen molar-refractivity contribution < 1.29 is 4.39 Å². The van der Waals surface area contributed by atoms with Crippen LogP contribution in [-0.4, -0.2) is 4.98 Å². The van der Waals surface area contributed by atoms with E-state index in [4.69, 9.17) is 11.6 Å². The number of benzene rings is 1. The van der Waals surface area contributed by atoms with Gasteiger partial charge in [0.15, 0.2) is 0 Å². The van der Waals surface area contributed by atoms with Gasteiger partial charge in [-0.1, -0.05) is 18.5 Å². The first kappa shape index (κ1) is 15.3. The van der Waals surface area contributed by atoms with Crippen molar-refractivity contribution in [3.05, 3.63) is 57.0 Å². The SMILES string of the molecule is CCC(Nc1cc(Cl)c(C)cc1Br)c1ccc(F)cn1. The summed E-state index contributed by atoms with van der Waals surface area (Å²) in [6.45, 7) is 4.00. The summed E-state index contributed by atoms with van der Waals surface area (Å²) in [6.07, 6.45) is 2.06. The molecule has 0 bridgehead atoms. The third-order valence-corrected chi connectivity index (χ3v) is 4.16. The lowest BCUT2D eigenvalue weighted by molar-refractivity contribution is 0.614. The summed E-state index contributed by atoms with van der Waals surface area (Å²) >= 11 is 9.67. The zero-order chi connectivity index (χ0) is 14.7. The van der Waals surface area contributed by atoms with Gasteiger partial charge in [-0.3, -0.25) is 4.98 Å². The molecular formula is C15H15BrClFN2. The quantitative estimate of drug-likeness (QED) is 0.780. The van der Waals surface area contributed by atoms with Crippen molar-refractivity contribution >= 4 is 33.2 Å². The summed E-state index contributed by atoms with van der Waals surface area (Å²) in [5, 5.41) is 4.09. The van der Waals surface area contributed by atoms with Gasteiger partial charge in [-0.15, -0.1) is 0 Å². The topological polar surface area (TPSA) is 24.9 Å². The molecular weight excluding hydrogens is 343 g/mol. The van der Waals surface area contributed by atoms with E-state index in [9.17, 15) is 4.39 Å². The molecule has 5 heteroatoms. The zero-order valence-electron chi connectivity index (χ0n) is 11.3. The highest BCUT2D eigenvalue weighted by molar-refractivity contribution is 9.10. The Morgan fingerprint density at radius 1 is 1.40 bits per heavy atom. The van der Waals surface area contributed by atoms with Crippen LogP contribution in [0.3, 0.4) is 0 Å². The van der Waals surface area contributed by atoms with Gasteiger partial charge in [-0.05, 0) is 59.1 Å². The normalized spacial score (nSPS) is 12.2. The van der Waals surface area contributed by atoms with Crippen molar-refractivity contribution in [2.75, 3.05) is 5.32 Å². The van der Waals surface area contributed by atoms with Crippen molar-refractivity contribution in [3.63, 3.8) is 0 Å². The first-order valence-corrected chi connectivity index (χ1v) is 7.52. The molecule has 1 atom stereocenters. The van der Waals surface area contributed by atoms with Gasteiger partial charge in [0.1, 0.15) is 5.82 Å². The van der Waals surface area contributed by atoms with Crippen molar-refractivity contribution in [1.29, 1.82) is 0 Å². The maximum Gasteiger partial charge on any atom is 0.141 e. The van der Waals surface area contributed by atoms with Gasteiger partial charge >= 0.3 is 0 Å². The van der Waals surface area contributed by atoms with Crippen molar-refractivity contribution in [2.45, 2.75) is 26.3 Å². The Balaban J connectivity index is 2.26. The second kappa shape index (κ2) is 6.55. The Labute approximate surface area is 131 Å². The molecule has 0 saturated carbocycles. The maximum absolute atomic E-state index is 12.9. The third kappa shape index (κ3) is 3.49.